The van der Waals surface area contributed by atoms with Gasteiger partial charge in [-0.25, -0.2) is 0 Å². The van der Waals surface area contributed by atoms with Gasteiger partial charge in [-0.15, -0.1) is 0 Å². The second-order valence-corrected chi connectivity index (χ2v) is 8.81. The van der Waals surface area contributed by atoms with Crippen LogP contribution in [0.4, 0.5) is 0 Å². The number of allylic oxidation sites excluding steroid dienone is 2. The second-order valence-electron chi connectivity index (χ2n) is 8.81. The Kier molecular flexibility index (Phi) is 3.83. The lowest BCUT2D eigenvalue weighted by Crippen LogP contribution is -2.54. The molecule has 3 nitrogen and oxygen atoms in total. The molecule has 0 aromatic carbocycles. The lowest BCUT2D eigenvalue weighted by molar-refractivity contribution is 0.0391. The molecule has 0 aromatic heterocycles. The van der Waals surface area contributed by atoms with Gasteiger partial charge in [0.1, 0.15) is 0 Å². The third-order valence-corrected chi connectivity index (χ3v) is 7.78. The van der Waals surface area contributed by atoms with Crippen molar-refractivity contribution in [3.05, 3.63) is 35.5 Å². The van der Waals surface area contributed by atoms with Gasteiger partial charge >= 0.3 is 0 Å². The van der Waals surface area contributed by atoms with Crippen LogP contribution in [0.5, 0.6) is 0 Å². The predicted octanol–water partition coefficient (Wildman–Crippen LogP) is 2.79. The van der Waals surface area contributed by atoms with Gasteiger partial charge in [-0.2, -0.15) is 0 Å². The van der Waals surface area contributed by atoms with E-state index in [4.69, 9.17) is 0 Å². The summed E-state index contributed by atoms with van der Waals surface area (Å²) in [4.78, 5) is 0. The van der Waals surface area contributed by atoms with Crippen LogP contribution >= 0.6 is 0 Å². The molecule has 0 heterocycles. The summed E-state index contributed by atoms with van der Waals surface area (Å²) in [5.41, 5.74) is 3.66. The van der Waals surface area contributed by atoms with Crippen molar-refractivity contribution in [1.29, 1.82) is 0 Å². The number of rotatable bonds is 2. The summed E-state index contributed by atoms with van der Waals surface area (Å²) in [5.74, 6) is 1.17. The maximum atomic E-state index is 10.1. The molecule has 1 fully saturated rings. The number of aliphatic hydroxyl groups is 1. The summed E-state index contributed by atoms with van der Waals surface area (Å²) >= 11 is 0. The van der Waals surface area contributed by atoms with Crippen LogP contribution in [0.2, 0.25) is 0 Å². The molecule has 0 saturated heterocycles. The van der Waals surface area contributed by atoms with Crippen LogP contribution in [-0.4, -0.2) is 37.4 Å². The van der Waals surface area contributed by atoms with E-state index in [2.05, 4.69) is 56.8 Å². The first-order valence-electron chi connectivity index (χ1n) is 9.58. The quantitative estimate of drug-likeness (QED) is 0.683. The maximum absolute atomic E-state index is 10.1. The van der Waals surface area contributed by atoms with Gasteiger partial charge in [0.05, 0.1) is 6.10 Å². The van der Waals surface area contributed by atoms with Crippen LogP contribution in [0.15, 0.2) is 35.5 Å². The Bertz CT molecular complexity index is 621. The predicted molar refractivity (Wildman–Crippen MR) is 98.7 cm³/mol. The average molecular weight is 328 g/mol. The van der Waals surface area contributed by atoms with E-state index in [1.54, 1.807) is 11.1 Å². The molecule has 0 spiro atoms. The van der Waals surface area contributed by atoms with E-state index in [1.165, 1.54) is 12.8 Å². The number of aliphatic hydroxyl groups excluding tert-OH is 1. The summed E-state index contributed by atoms with van der Waals surface area (Å²) < 4.78 is 0. The molecule has 4 rings (SSSR count). The highest BCUT2D eigenvalue weighted by Gasteiger charge is 2.55. The largest absolute Gasteiger partial charge is 0.389 e. The van der Waals surface area contributed by atoms with Gasteiger partial charge in [0, 0.05) is 17.5 Å². The third kappa shape index (κ3) is 2.07. The lowest BCUT2D eigenvalue weighted by atomic mass is 9.50. The molecule has 4 aliphatic rings. The Hall–Kier alpha value is -0.900. The van der Waals surface area contributed by atoms with Crippen LogP contribution in [0, 0.1) is 22.7 Å². The van der Waals surface area contributed by atoms with Gasteiger partial charge < -0.3 is 15.7 Å². The molecule has 24 heavy (non-hydrogen) atoms. The van der Waals surface area contributed by atoms with Crippen LogP contribution in [0.1, 0.15) is 39.5 Å². The fourth-order valence-electron chi connectivity index (χ4n) is 6.27. The van der Waals surface area contributed by atoms with Gasteiger partial charge in [0.15, 0.2) is 0 Å². The number of hydrogen-bond acceptors (Lipinski definition) is 3. The third-order valence-electron chi connectivity index (χ3n) is 7.78. The van der Waals surface area contributed by atoms with Gasteiger partial charge in [0.2, 0.25) is 0 Å². The van der Waals surface area contributed by atoms with Gasteiger partial charge in [-0.1, -0.05) is 38.2 Å². The molecular formula is C21H32N2O. The van der Waals surface area contributed by atoms with Gasteiger partial charge in [0.25, 0.3) is 0 Å². The number of hydrogen-bond donors (Lipinski definition) is 3. The second kappa shape index (κ2) is 5.55. The van der Waals surface area contributed by atoms with Crippen molar-refractivity contribution in [3.63, 3.8) is 0 Å². The van der Waals surface area contributed by atoms with Crippen molar-refractivity contribution in [2.75, 3.05) is 14.1 Å². The number of nitrogens with one attached hydrogen (secondary N) is 2. The minimum atomic E-state index is -0.260. The van der Waals surface area contributed by atoms with E-state index in [-0.39, 0.29) is 16.9 Å². The first-order valence-corrected chi connectivity index (χ1v) is 9.58. The average Bonchev–Trinajstić information content (AvgIpc) is 2.91. The normalized spacial score (nSPS) is 49.8. The molecular weight excluding hydrogens is 296 g/mol. The van der Waals surface area contributed by atoms with Crippen LogP contribution in [0.25, 0.3) is 0 Å². The fraction of sp³-hybridized carbons (Fsp3) is 0.714. The lowest BCUT2D eigenvalue weighted by Gasteiger charge is -2.56. The molecule has 0 amide bonds. The van der Waals surface area contributed by atoms with Crippen molar-refractivity contribution in [1.82, 2.24) is 10.6 Å². The molecule has 4 aliphatic carbocycles. The van der Waals surface area contributed by atoms with Crippen LogP contribution < -0.4 is 10.6 Å². The van der Waals surface area contributed by atoms with E-state index in [0.29, 0.717) is 23.9 Å². The zero-order chi connectivity index (χ0) is 17.1. The molecule has 0 aliphatic heterocycles. The standard InChI is InChI=1S/C21H32N2O/c1-20-9-7-14(24)11-13(20)12-17(22-3)19-15-5-6-18(23-4)21(15,2)10-8-16(19)20/h5-7,9,13-14,16-18,22-24H,8,10-12H2,1-4H3/t13?,14-,16-,17-,18-,20-,21-/m0/s1. The van der Waals surface area contributed by atoms with Gasteiger partial charge in [-0.05, 0) is 68.2 Å². The van der Waals surface area contributed by atoms with Crippen molar-refractivity contribution in [3.8, 4) is 0 Å². The summed E-state index contributed by atoms with van der Waals surface area (Å²) in [6.07, 6.45) is 13.4. The molecule has 0 radical (unpaired) electrons. The highest BCUT2D eigenvalue weighted by molar-refractivity contribution is 5.48. The first-order chi connectivity index (χ1) is 11.4. The zero-order valence-corrected chi connectivity index (χ0v) is 15.5. The van der Waals surface area contributed by atoms with Crippen molar-refractivity contribution in [2.45, 2.75) is 57.7 Å². The van der Waals surface area contributed by atoms with Crippen LogP contribution in [0.3, 0.4) is 0 Å². The SMILES string of the molecule is CN[C@H]1CC2C[C@@H](O)C=C[C@]2(C)[C@H]2CC[C@@]3(C)C(=C12)C=C[C@@H]3NC. The molecule has 0 aromatic rings. The molecule has 1 saturated carbocycles. The van der Waals surface area contributed by atoms with Crippen molar-refractivity contribution < 1.29 is 5.11 Å². The Labute approximate surface area is 146 Å². The molecule has 3 heteroatoms. The Morgan fingerprint density at radius 1 is 1.12 bits per heavy atom. The molecule has 3 N–H and O–H groups in total. The van der Waals surface area contributed by atoms with E-state index < -0.39 is 0 Å². The molecule has 1 unspecified atom stereocenters. The van der Waals surface area contributed by atoms with E-state index in [9.17, 15) is 5.11 Å². The highest BCUT2D eigenvalue weighted by Crippen LogP contribution is 2.61. The maximum Gasteiger partial charge on any atom is 0.0724 e. The molecule has 0 bridgehead atoms. The van der Waals surface area contributed by atoms with E-state index >= 15 is 0 Å². The number of likely N-dealkylation sites (N-methyl/N-ethyl adjacent to an activating group) is 2. The van der Waals surface area contributed by atoms with Gasteiger partial charge in [-0.3, -0.25) is 0 Å². The summed E-state index contributed by atoms with van der Waals surface area (Å²) in [5, 5.41) is 17.3. The first kappa shape index (κ1) is 16.6. The summed E-state index contributed by atoms with van der Waals surface area (Å²) in [6.45, 7) is 4.88. The molecule has 7 atom stereocenters. The minimum absolute atomic E-state index is 0.196. The van der Waals surface area contributed by atoms with Crippen LogP contribution in [-0.2, 0) is 0 Å². The Morgan fingerprint density at radius 3 is 2.62 bits per heavy atom. The number of fused-ring (bicyclic) bond motifs is 4. The Morgan fingerprint density at radius 2 is 1.92 bits per heavy atom. The summed E-state index contributed by atoms with van der Waals surface area (Å²) in [6, 6.07) is 0.898. The zero-order valence-electron chi connectivity index (χ0n) is 15.5. The van der Waals surface area contributed by atoms with E-state index in [1.807, 2.05) is 6.08 Å². The van der Waals surface area contributed by atoms with E-state index in [0.717, 1.165) is 12.8 Å². The molecule has 132 valence electrons. The highest BCUT2D eigenvalue weighted by atomic mass is 16.3. The smallest absolute Gasteiger partial charge is 0.0724 e. The topological polar surface area (TPSA) is 44.3 Å². The Balaban J connectivity index is 1.84. The fourth-order valence-corrected chi connectivity index (χ4v) is 6.27. The van der Waals surface area contributed by atoms with Crippen molar-refractivity contribution in [2.24, 2.45) is 22.7 Å². The summed E-state index contributed by atoms with van der Waals surface area (Å²) in [7, 11) is 4.19. The minimum Gasteiger partial charge on any atom is -0.389 e. The van der Waals surface area contributed by atoms with Crippen molar-refractivity contribution >= 4 is 0 Å². The monoisotopic (exact) mass is 328 g/mol.